The normalized spacial score (nSPS) is 10.9. The van der Waals surface area contributed by atoms with E-state index in [-0.39, 0.29) is 5.91 Å². The van der Waals surface area contributed by atoms with E-state index in [0.29, 0.717) is 18.7 Å². The second-order valence-electron chi connectivity index (χ2n) is 6.66. The number of carbonyl (C=O) groups is 1. The minimum Gasteiger partial charge on any atom is -0.368 e. The number of nitrogens with one attached hydrogen (secondary N) is 2. The largest absolute Gasteiger partial charge is 0.368 e. The number of fused-ring (bicyclic) bond motifs is 1. The predicted molar refractivity (Wildman–Crippen MR) is 107 cm³/mol. The Morgan fingerprint density at radius 2 is 2.04 bits per heavy atom. The lowest BCUT2D eigenvalue weighted by atomic mass is 10.2. The average molecular weight is 366 g/mol. The summed E-state index contributed by atoms with van der Waals surface area (Å²) in [7, 11) is 1.93. The number of anilines is 1. The summed E-state index contributed by atoms with van der Waals surface area (Å²) in [4.78, 5) is 25.6. The summed E-state index contributed by atoms with van der Waals surface area (Å²) < 4.78 is 1.93. The third kappa shape index (κ3) is 4.81. The van der Waals surface area contributed by atoms with Crippen LogP contribution >= 0.6 is 0 Å². The number of carbonyl (C=O) groups excluding carboxylic acids is 1. The zero-order chi connectivity index (χ0) is 19.2. The second-order valence-corrected chi connectivity index (χ2v) is 6.66. The Bertz CT molecular complexity index is 933. The first-order valence-corrected chi connectivity index (χ1v) is 9.34. The van der Waals surface area contributed by atoms with Crippen LogP contribution in [0.25, 0.3) is 11.0 Å². The van der Waals surface area contributed by atoms with Crippen molar-refractivity contribution >= 4 is 22.8 Å². The van der Waals surface area contributed by atoms with E-state index in [1.54, 1.807) is 6.33 Å². The molecule has 7 heteroatoms. The Morgan fingerprint density at radius 1 is 1.19 bits per heavy atom. The third-order valence-electron chi connectivity index (χ3n) is 4.36. The van der Waals surface area contributed by atoms with Gasteiger partial charge >= 0.3 is 0 Å². The van der Waals surface area contributed by atoms with Crippen LogP contribution in [-0.4, -0.2) is 38.5 Å². The van der Waals surface area contributed by atoms with Gasteiger partial charge in [-0.1, -0.05) is 13.3 Å². The van der Waals surface area contributed by atoms with Gasteiger partial charge in [0.1, 0.15) is 11.6 Å². The maximum Gasteiger partial charge on any atom is 0.251 e. The first kappa shape index (κ1) is 18.8. The monoisotopic (exact) mass is 366 g/mol. The summed E-state index contributed by atoms with van der Waals surface area (Å²) >= 11 is 0. The molecule has 0 atom stereocenters. The van der Waals surface area contributed by atoms with Gasteiger partial charge in [0, 0.05) is 43.9 Å². The van der Waals surface area contributed by atoms with Crippen LogP contribution in [0.2, 0.25) is 0 Å². The van der Waals surface area contributed by atoms with Gasteiger partial charge in [0.05, 0.1) is 17.4 Å². The zero-order valence-electron chi connectivity index (χ0n) is 16.1. The number of aromatic nitrogens is 4. The molecular formula is C20H26N6O. The van der Waals surface area contributed by atoms with Crippen LogP contribution in [0.15, 0.2) is 30.6 Å². The standard InChI is InChI=1S/C20H26N6O/c1-4-5-6-18-24-14(2)11-19(25-18)21-9-10-22-20(27)15-7-8-17-16(12-15)23-13-26(17)3/h7-8,11-13H,4-6,9-10H2,1-3H3,(H,22,27)(H,21,24,25). The molecule has 0 spiro atoms. The molecule has 142 valence electrons. The van der Waals surface area contributed by atoms with E-state index in [0.717, 1.165) is 47.6 Å². The van der Waals surface area contributed by atoms with E-state index in [4.69, 9.17) is 0 Å². The van der Waals surface area contributed by atoms with Crippen LogP contribution in [0.5, 0.6) is 0 Å². The van der Waals surface area contributed by atoms with Crippen molar-refractivity contribution in [2.24, 2.45) is 7.05 Å². The Kier molecular flexibility index (Phi) is 6.01. The summed E-state index contributed by atoms with van der Waals surface area (Å²) in [5.74, 6) is 1.57. The van der Waals surface area contributed by atoms with Gasteiger partial charge in [-0.2, -0.15) is 0 Å². The van der Waals surface area contributed by atoms with E-state index in [1.807, 2.05) is 42.8 Å². The van der Waals surface area contributed by atoms with Gasteiger partial charge in [-0.15, -0.1) is 0 Å². The molecule has 2 N–H and O–H groups in total. The van der Waals surface area contributed by atoms with Crippen LogP contribution in [0, 0.1) is 6.92 Å². The summed E-state index contributed by atoms with van der Waals surface area (Å²) in [5.41, 5.74) is 3.39. The minimum absolute atomic E-state index is 0.105. The third-order valence-corrected chi connectivity index (χ3v) is 4.36. The van der Waals surface area contributed by atoms with E-state index >= 15 is 0 Å². The lowest BCUT2D eigenvalue weighted by Crippen LogP contribution is -2.29. The molecule has 0 saturated heterocycles. The topological polar surface area (TPSA) is 84.7 Å². The van der Waals surface area contributed by atoms with Gasteiger partial charge in [-0.05, 0) is 31.5 Å². The van der Waals surface area contributed by atoms with E-state index in [1.165, 1.54) is 0 Å². The number of nitrogens with zero attached hydrogens (tertiary/aromatic N) is 4. The highest BCUT2D eigenvalue weighted by molar-refractivity contribution is 5.97. The number of benzene rings is 1. The smallest absolute Gasteiger partial charge is 0.251 e. The number of hydrogen-bond donors (Lipinski definition) is 2. The quantitative estimate of drug-likeness (QED) is 0.599. The van der Waals surface area contributed by atoms with E-state index in [9.17, 15) is 4.79 Å². The molecule has 0 radical (unpaired) electrons. The fourth-order valence-electron chi connectivity index (χ4n) is 2.91. The van der Waals surface area contributed by atoms with Gasteiger partial charge < -0.3 is 15.2 Å². The molecule has 0 aliphatic carbocycles. The second kappa shape index (κ2) is 8.62. The van der Waals surface area contributed by atoms with Crippen LogP contribution in [0.1, 0.15) is 41.6 Å². The molecule has 3 aromatic rings. The van der Waals surface area contributed by atoms with Crippen LogP contribution in [0.4, 0.5) is 5.82 Å². The molecule has 3 rings (SSSR count). The molecule has 1 amide bonds. The number of unbranched alkanes of at least 4 members (excludes halogenated alkanes) is 1. The maximum absolute atomic E-state index is 12.3. The van der Waals surface area contributed by atoms with Crippen molar-refractivity contribution in [3.8, 4) is 0 Å². The molecule has 0 fully saturated rings. The van der Waals surface area contributed by atoms with Gasteiger partial charge in [-0.25, -0.2) is 15.0 Å². The van der Waals surface area contributed by atoms with Crippen molar-refractivity contribution in [1.29, 1.82) is 0 Å². The molecule has 0 saturated carbocycles. The maximum atomic E-state index is 12.3. The predicted octanol–water partition coefficient (Wildman–Crippen LogP) is 2.86. The summed E-state index contributed by atoms with van der Waals surface area (Å²) in [6.45, 7) is 5.23. The number of rotatable bonds is 8. The van der Waals surface area contributed by atoms with Crippen molar-refractivity contribution in [2.75, 3.05) is 18.4 Å². The number of aryl methyl sites for hydroxylation is 3. The van der Waals surface area contributed by atoms with E-state index in [2.05, 4.69) is 32.5 Å². The van der Waals surface area contributed by atoms with E-state index < -0.39 is 0 Å². The summed E-state index contributed by atoms with van der Waals surface area (Å²) in [6.07, 6.45) is 4.84. The summed E-state index contributed by atoms with van der Waals surface area (Å²) in [6, 6.07) is 7.47. The fourth-order valence-corrected chi connectivity index (χ4v) is 2.91. The number of hydrogen-bond acceptors (Lipinski definition) is 5. The summed E-state index contributed by atoms with van der Waals surface area (Å²) in [5, 5.41) is 6.19. The highest BCUT2D eigenvalue weighted by Gasteiger charge is 2.08. The molecule has 1 aromatic carbocycles. The SMILES string of the molecule is CCCCc1nc(C)cc(NCCNC(=O)c2ccc3c(c2)ncn3C)n1. The van der Waals surface area contributed by atoms with Crippen molar-refractivity contribution in [2.45, 2.75) is 33.1 Å². The molecule has 0 bridgehead atoms. The molecule has 0 aliphatic heterocycles. The molecule has 2 aromatic heterocycles. The molecule has 2 heterocycles. The van der Waals surface area contributed by atoms with Crippen molar-refractivity contribution in [3.63, 3.8) is 0 Å². The Balaban J connectivity index is 1.52. The molecule has 0 unspecified atom stereocenters. The lowest BCUT2D eigenvalue weighted by Gasteiger charge is -2.09. The molecular weight excluding hydrogens is 340 g/mol. The first-order valence-electron chi connectivity index (χ1n) is 9.34. The van der Waals surface area contributed by atoms with Gasteiger partial charge in [0.15, 0.2) is 0 Å². The number of imidazole rings is 1. The number of amides is 1. The van der Waals surface area contributed by atoms with Crippen LogP contribution in [-0.2, 0) is 13.5 Å². The Labute approximate surface area is 159 Å². The zero-order valence-corrected chi connectivity index (χ0v) is 16.1. The van der Waals surface area contributed by atoms with Crippen molar-refractivity contribution in [1.82, 2.24) is 24.8 Å². The van der Waals surface area contributed by atoms with Gasteiger partial charge in [0.25, 0.3) is 5.91 Å². The molecule has 7 nitrogen and oxygen atoms in total. The van der Waals surface area contributed by atoms with Gasteiger partial charge in [-0.3, -0.25) is 4.79 Å². The Hall–Kier alpha value is -2.96. The highest BCUT2D eigenvalue weighted by atomic mass is 16.1. The molecule has 0 aliphatic rings. The minimum atomic E-state index is -0.105. The van der Waals surface area contributed by atoms with Crippen molar-refractivity contribution in [3.05, 3.63) is 47.7 Å². The molecule has 27 heavy (non-hydrogen) atoms. The first-order chi connectivity index (χ1) is 13.1. The fraction of sp³-hybridized carbons (Fsp3) is 0.400. The van der Waals surface area contributed by atoms with Gasteiger partial charge in [0.2, 0.25) is 0 Å². The average Bonchev–Trinajstić information content (AvgIpc) is 3.03. The van der Waals surface area contributed by atoms with Crippen LogP contribution < -0.4 is 10.6 Å². The van der Waals surface area contributed by atoms with Crippen molar-refractivity contribution < 1.29 is 4.79 Å². The highest BCUT2D eigenvalue weighted by Crippen LogP contribution is 2.13. The Morgan fingerprint density at radius 3 is 2.85 bits per heavy atom. The van der Waals surface area contributed by atoms with Crippen LogP contribution in [0.3, 0.4) is 0 Å². The lowest BCUT2D eigenvalue weighted by molar-refractivity contribution is 0.0955.